The van der Waals surface area contributed by atoms with Crippen LogP contribution in [0.15, 0.2) is 12.2 Å². The van der Waals surface area contributed by atoms with E-state index in [1.807, 2.05) is 6.08 Å². The van der Waals surface area contributed by atoms with Crippen LogP contribution in [-0.2, 0) is 0 Å². The molecule has 2 N–H and O–H groups in total. The molecule has 0 aromatic carbocycles. The molecule has 0 aromatic rings. The summed E-state index contributed by atoms with van der Waals surface area (Å²) in [7, 11) is 0. The molecule has 0 spiro atoms. The zero-order valence-electron chi connectivity index (χ0n) is 4.55. The second kappa shape index (κ2) is 6.59. The van der Waals surface area contributed by atoms with Crippen LogP contribution in [0.4, 0.5) is 0 Å². The van der Waals surface area contributed by atoms with Gasteiger partial charge in [0.1, 0.15) is 0 Å². The summed E-state index contributed by atoms with van der Waals surface area (Å²) in [6.45, 7) is 1.08. The molecule has 8 heavy (non-hydrogen) atoms. The largest absolute Gasteiger partial charge is 0.379 e. The van der Waals surface area contributed by atoms with Gasteiger partial charge in [-0.15, -0.1) is 0 Å². The van der Waals surface area contributed by atoms with E-state index in [2.05, 4.69) is 17.5 Å². The van der Waals surface area contributed by atoms with E-state index < -0.39 is 0 Å². The van der Waals surface area contributed by atoms with E-state index in [9.17, 15) is 0 Å². The standard InChI is InChI=1S/C5H9N2S/c6-3-1-2-4-7-5-8/h1-2,5-6H,3-4H2,(H,7,8). The van der Waals surface area contributed by atoms with Crippen LogP contribution in [0.5, 0.6) is 0 Å². The third-order valence-electron chi connectivity index (χ3n) is 0.604. The monoisotopic (exact) mass is 129 g/mol. The number of thiocarbonyl (C=S) groups is 1. The van der Waals surface area contributed by atoms with E-state index in [0.29, 0.717) is 6.54 Å². The first-order valence-electron chi connectivity index (χ1n) is 2.38. The number of rotatable bonds is 4. The van der Waals surface area contributed by atoms with Gasteiger partial charge in [-0.2, -0.15) is 0 Å². The zero-order valence-corrected chi connectivity index (χ0v) is 5.37. The first-order chi connectivity index (χ1) is 3.91. The molecule has 0 aromatic heterocycles. The van der Waals surface area contributed by atoms with Crippen molar-refractivity contribution in [3.63, 3.8) is 0 Å². The summed E-state index contributed by atoms with van der Waals surface area (Å²) in [6, 6.07) is 0. The van der Waals surface area contributed by atoms with Gasteiger partial charge in [-0.05, 0) is 0 Å². The first-order valence-corrected chi connectivity index (χ1v) is 2.85. The molecule has 0 bridgehead atoms. The molecule has 2 nitrogen and oxygen atoms in total. The molecule has 0 aliphatic heterocycles. The van der Waals surface area contributed by atoms with Crippen molar-refractivity contribution in [3.8, 4) is 0 Å². The van der Waals surface area contributed by atoms with Crippen LogP contribution in [0.2, 0.25) is 0 Å². The van der Waals surface area contributed by atoms with Crippen LogP contribution in [0, 0.1) is 0 Å². The topological polar surface area (TPSA) is 35.8 Å². The molecular formula is C5H9N2S. The molecule has 0 unspecified atom stereocenters. The maximum Gasteiger partial charge on any atom is 0.0617 e. The van der Waals surface area contributed by atoms with Crippen LogP contribution < -0.4 is 11.1 Å². The minimum Gasteiger partial charge on any atom is -0.379 e. The smallest absolute Gasteiger partial charge is 0.0617 e. The Balaban J connectivity index is 2.90. The fraction of sp³-hybridized carbons (Fsp3) is 0.400. The molecule has 0 heterocycles. The maximum absolute atomic E-state index is 6.69. The van der Waals surface area contributed by atoms with Crippen molar-refractivity contribution in [2.24, 2.45) is 0 Å². The van der Waals surface area contributed by atoms with Crippen LogP contribution in [0.25, 0.3) is 0 Å². The van der Waals surface area contributed by atoms with Crippen LogP contribution >= 0.6 is 12.2 Å². The Morgan fingerprint density at radius 2 is 2.25 bits per heavy atom. The SMILES string of the molecule is [NH]CC=CCNC=S. The van der Waals surface area contributed by atoms with Crippen molar-refractivity contribution in [2.45, 2.75) is 0 Å². The second-order valence-corrected chi connectivity index (χ2v) is 1.44. The molecule has 0 amide bonds. The van der Waals surface area contributed by atoms with Crippen molar-refractivity contribution in [2.75, 3.05) is 13.1 Å². The van der Waals surface area contributed by atoms with Gasteiger partial charge in [-0.1, -0.05) is 24.4 Å². The Kier molecular flexibility index (Phi) is 6.25. The number of hydrogen-bond acceptors (Lipinski definition) is 1. The van der Waals surface area contributed by atoms with Crippen molar-refractivity contribution in [3.05, 3.63) is 12.2 Å². The number of hydrogen-bond donors (Lipinski definition) is 1. The van der Waals surface area contributed by atoms with E-state index in [0.717, 1.165) is 6.54 Å². The Morgan fingerprint density at radius 3 is 2.75 bits per heavy atom. The molecule has 0 rings (SSSR count). The van der Waals surface area contributed by atoms with Crippen molar-refractivity contribution in [1.82, 2.24) is 11.1 Å². The Bertz CT molecular complexity index is 80.5. The van der Waals surface area contributed by atoms with Gasteiger partial charge in [0.25, 0.3) is 0 Å². The lowest BCUT2D eigenvalue weighted by molar-refractivity contribution is 1.07. The normalized spacial score (nSPS) is 9.62. The van der Waals surface area contributed by atoms with Crippen LogP contribution in [0.3, 0.4) is 0 Å². The predicted octanol–water partition coefficient (Wildman–Crippen LogP) is 0.372. The van der Waals surface area contributed by atoms with E-state index in [1.165, 1.54) is 5.49 Å². The van der Waals surface area contributed by atoms with Crippen molar-refractivity contribution in [1.29, 1.82) is 0 Å². The minimum atomic E-state index is 0.346. The van der Waals surface area contributed by atoms with Gasteiger partial charge < -0.3 is 5.32 Å². The Labute approximate surface area is 54.8 Å². The Morgan fingerprint density at radius 1 is 1.50 bits per heavy atom. The molecule has 0 aliphatic rings. The lowest BCUT2D eigenvalue weighted by Crippen LogP contribution is -2.07. The van der Waals surface area contributed by atoms with E-state index in [-0.39, 0.29) is 0 Å². The summed E-state index contributed by atoms with van der Waals surface area (Å²) >= 11 is 4.48. The van der Waals surface area contributed by atoms with E-state index in [4.69, 9.17) is 5.73 Å². The van der Waals surface area contributed by atoms with Crippen molar-refractivity contribution >= 4 is 17.7 Å². The molecule has 3 heteroatoms. The third kappa shape index (κ3) is 5.59. The molecule has 0 fully saturated rings. The fourth-order valence-corrected chi connectivity index (χ4v) is 0.379. The third-order valence-corrected chi connectivity index (χ3v) is 0.770. The van der Waals surface area contributed by atoms with Gasteiger partial charge >= 0.3 is 0 Å². The highest BCUT2D eigenvalue weighted by Crippen LogP contribution is 1.64. The maximum atomic E-state index is 6.69. The quantitative estimate of drug-likeness (QED) is 0.338. The average molecular weight is 129 g/mol. The second-order valence-electron chi connectivity index (χ2n) is 1.20. The molecule has 0 aliphatic carbocycles. The summed E-state index contributed by atoms with van der Waals surface area (Å²) in [5.74, 6) is 0. The highest BCUT2D eigenvalue weighted by molar-refractivity contribution is 7.78. The lowest BCUT2D eigenvalue weighted by atomic mass is 10.5. The van der Waals surface area contributed by atoms with Gasteiger partial charge in [0.15, 0.2) is 0 Å². The van der Waals surface area contributed by atoms with E-state index in [1.54, 1.807) is 6.08 Å². The van der Waals surface area contributed by atoms with Gasteiger partial charge in [0.2, 0.25) is 0 Å². The van der Waals surface area contributed by atoms with Gasteiger partial charge in [-0.3, -0.25) is 5.73 Å². The lowest BCUT2D eigenvalue weighted by Gasteiger charge is -1.87. The summed E-state index contributed by atoms with van der Waals surface area (Å²) in [5, 5.41) is 2.80. The summed E-state index contributed by atoms with van der Waals surface area (Å²) in [6.07, 6.45) is 3.64. The average Bonchev–Trinajstić information content (AvgIpc) is 1.81. The molecule has 0 atom stereocenters. The minimum absolute atomic E-state index is 0.346. The zero-order chi connectivity index (χ0) is 6.24. The summed E-state index contributed by atoms with van der Waals surface area (Å²) < 4.78 is 0. The molecule has 0 saturated carbocycles. The van der Waals surface area contributed by atoms with Gasteiger partial charge in [0, 0.05) is 13.1 Å². The first kappa shape index (κ1) is 7.59. The highest BCUT2D eigenvalue weighted by atomic mass is 32.1. The summed E-state index contributed by atoms with van der Waals surface area (Å²) in [5.41, 5.74) is 8.15. The fourth-order valence-electron chi connectivity index (χ4n) is 0.283. The van der Waals surface area contributed by atoms with Crippen LogP contribution in [-0.4, -0.2) is 18.6 Å². The molecule has 0 saturated heterocycles. The van der Waals surface area contributed by atoms with Crippen molar-refractivity contribution < 1.29 is 0 Å². The molecular weight excluding hydrogens is 120 g/mol. The predicted molar refractivity (Wildman–Crippen MR) is 38.8 cm³/mol. The molecule has 1 radical (unpaired) electrons. The Hall–Kier alpha value is -0.410. The van der Waals surface area contributed by atoms with Crippen LogP contribution in [0.1, 0.15) is 0 Å². The summed E-state index contributed by atoms with van der Waals surface area (Å²) in [4.78, 5) is 0. The van der Waals surface area contributed by atoms with E-state index >= 15 is 0 Å². The van der Waals surface area contributed by atoms with Gasteiger partial charge in [-0.25, -0.2) is 0 Å². The number of nitrogens with one attached hydrogen (secondary N) is 2. The molecule has 45 valence electrons. The highest BCUT2D eigenvalue weighted by Gasteiger charge is 1.68. The van der Waals surface area contributed by atoms with Gasteiger partial charge in [0.05, 0.1) is 5.49 Å².